The van der Waals surface area contributed by atoms with Crippen molar-refractivity contribution < 1.29 is 4.79 Å². The number of hydrogen-bond donors (Lipinski definition) is 2. The summed E-state index contributed by atoms with van der Waals surface area (Å²) in [5.74, 6) is -0.0197. The van der Waals surface area contributed by atoms with E-state index < -0.39 is 0 Å². The maximum absolute atomic E-state index is 12.4. The van der Waals surface area contributed by atoms with E-state index in [1.54, 1.807) is 4.90 Å². The first-order chi connectivity index (χ1) is 10.2. The smallest absolute Gasteiger partial charge is 0.326 e. The van der Waals surface area contributed by atoms with Crippen LogP contribution >= 0.6 is 0 Å². The highest BCUT2D eigenvalue weighted by molar-refractivity contribution is 5.80. The average Bonchev–Trinajstić information content (AvgIpc) is 2.83. The van der Waals surface area contributed by atoms with Gasteiger partial charge < -0.3 is 15.2 Å². The summed E-state index contributed by atoms with van der Waals surface area (Å²) >= 11 is 0. The van der Waals surface area contributed by atoms with Crippen molar-refractivity contribution in [3.8, 4) is 0 Å². The van der Waals surface area contributed by atoms with Crippen molar-refractivity contribution in [2.75, 3.05) is 20.1 Å². The number of piperidine rings is 1. The van der Waals surface area contributed by atoms with E-state index in [1.165, 1.54) is 4.57 Å². The summed E-state index contributed by atoms with van der Waals surface area (Å²) in [5.41, 5.74) is 1.30. The first-order valence-electron chi connectivity index (χ1n) is 7.31. The molecule has 2 heterocycles. The van der Waals surface area contributed by atoms with Gasteiger partial charge in [0.15, 0.2) is 0 Å². The molecule has 1 saturated heterocycles. The lowest BCUT2D eigenvalue weighted by atomic mass is 10.1. The van der Waals surface area contributed by atoms with Crippen LogP contribution in [-0.4, -0.2) is 46.5 Å². The van der Waals surface area contributed by atoms with Crippen molar-refractivity contribution in [2.45, 2.75) is 25.4 Å². The standard InChI is InChI=1S/C15H20N4O2/c1-18(11-6-8-16-9-7-11)14(20)10-19-13-5-3-2-4-12(13)17-15(19)21/h2-5,11,16H,6-10H2,1H3,(H,17,21). The predicted molar refractivity (Wildman–Crippen MR) is 81.2 cm³/mol. The number of carbonyl (C=O) groups is 1. The molecule has 2 aromatic rings. The zero-order valence-electron chi connectivity index (χ0n) is 12.1. The van der Waals surface area contributed by atoms with Gasteiger partial charge in [-0.05, 0) is 38.1 Å². The Labute approximate surface area is 122 Å². The summed E-state index contributed by atoms with van der Waals surface area (Å²) in [4.78, 5) is 29.0. The molecule has 1 aliphatic heterocycles. The van der Waals surface area contributed by atoms with Crippen LogP contribution in [0, 0.1) is 0 Å². The van der Waals surface area contributed by atoms with Crippen LogP contribution in [0.4, 0.5) is 0 Å². The van der Waals surface area contributed by atoms with Gasteiger partial charge >= 0.3 is 5.69 Å². The van der Waals surface area contributed by atoms with Crippen molar-refractivity contribution in [1.29, 1.82) is 0 Å². The molecule has 1 aliphatic rings. The van der Waals surface area contributed by atoms with Gasteiger partial charge in [-0.15, -0.1) is 0 Å². The Balaban J connectivity index is 1.79. The molecule has 0 aliphatic carbocycles. The van der Waals surface area contributed by atoms with E-state index in [0.717, 1.165) is 37.0 Å². The van der Waals surface area contributed by atoms with E-state index in [0.29, 0.717) is 0 Å². The summed E-state index contributed by atoms with van der Waals surface area (Å²) in [7, 11) is 1.83. The van der Waals surface area contributed by atoms with Crippen molar-refractivity contribution >= 4 is 16.9 Å². The Hall–Kier alpha value is -2.08. The molecule has 1 aromatic carbocycles. The molecule has 1 aromatic heterocycles. The van der Waals surface area contributed by atoms with Gasteiger partial charge in [0.2, 0.25) is 5.91 Å². The average molecular weight is 288 g/mol. The molecular weight excluding hydrogens is 268 g/mol. The molecule has 112 valence electrons. The molecule has 0 bridgehead atoms. The minimum Gasteiger partial charge on any atom is -0.341 e. The summed E-state index contributed by atoms with van der Waals surface area (Å²) in [6, 6.07) is 7.69. The zero-order valence-corrected chi connectivity index (χ0v) is 12.1. The molecule has 21 heavy (non-hydrogen) atoms. The molecule has 6 nitrogen and oxygen atoms in total. The number of nitrogens with one attached hydrogen (secondary N) is 2. The first-order valence-corrected chi connectivity index (χ1v) is 7.31. The Bertz CT molecular complexity index is 697. The molecule has 2 N–H and O–H groups in total. The molecule has 0 spiro atoms. The number of H-pyrrole nitrogens is 1. The number of imidazole rings is 1. The second-order valence-corrected chi connectivity index (χ2v) is 5.52. The van der Waals surface area contributed by atoms with E-state index >= 15 is 0 Å². The van der Waals surface area contributed by atoms with Crippen LogP contribution in [0.3, 0.4) is 0 Å². The van der Waals surface area contributed by atoms with Gasteiger partial charge in [0.1, 0.15) is 6.54 Å². The number of hydrogen-bond acceptors (Lipinski definition) is 3. The molecule has 0 atom stereocenters. The largest absolute Gasteiger partial charge is 0.341 e. The third-order valence-electron chi connectivity index (χ3n) is 4.22. The van der Waals surface area contributed by atoms with Gasteiger partial charge in [0.05, 0.1) is 11.0 Å². The molecule has 1 amide bonds. The minimum atomic E-state index is -0.233. The zero-order chi connectivity index (χ0) is 14.8. The van der Waals surface area contributed by atoms with Crippen molar-refractivity contribution in [1.82, 2.24) is 19.8 Å². The highest BCUT2D eigenvalue weighted by Crippen LogP contribution is 2.12. The Morgan fingerprint density at radius 3 is 2.81 bits per heavy atom. The second-order valence-electron chi connectivity index (χ2n) is 5.52. The molecule has 0 saturated carbocycles. The summed E-state index contributed by atoms with van der Waals surface area (Å²) in [5, 5.41) is 3.29. The van der Waals surface area contributed by atoms with Gasteiger partial charge in [-0.1, -0.05) is 12.1 Å². The number of aromatic amines is 1. The van der Waals surface area contributed by atoms with Crippen LogP contribution < -0.4 is 11.0 Å². The highest BCUT2D eigenvalue weighted by atomic mass is 16.2. The lowest BCUT2D eigenvalue weighted by molar-refractivity contribution is -0.133. The second kappa shape index (κ2) is 5.73. The van der Waals surface area contributed by atoms with Gasteiger partial charge in [0.25, 0.3) is 0 Å². The maximum Gasteiger partial charge on any atom is 0.326 e. The van der Waals surface area contributed by atoms with Crippen molar-refractivity contribution in [3.63, 3.8) is 0 Å². The number of aromatic nitrogens is 2. The normalized spacial score (nSPS) is 16.2. The Morgan fingerprint density at radius 1 is 1.33 bits per heavy atom. The highest BCUT2D eigenvalue weighted by Gasteiger charge is 2.22. The van der Waals surface area contributed by atoms with Crippen LogP contribution in [0.25, 0.3) is 11.0 Å². The number of likely N-dealkylation sites (N-methyl/N-ethyl adjacent to an activating group) is 1. The number of benzene rings is 1. The molecule has 1 fully saturated rings. The Kier molecular flexibility index (Phi) is 3.79. The molecule has 0 unspecified atom stereocenters. The number of amides is 1. The summed E-state index contributed by atoms with van der Waals surface area (Å²) < 4.78 is 1.51. The monoisotopic (exact) mass is 288 g/mol. The molecule has 0 radical (unpaired) electrons. The van der Waals surface area contributed by atoms with Gasteiger partial charge in [-0.2, -0.15) is 0 Å². The fourth-order valence-electron chi connectivity index (χ4n) is 2.91. The molecule has 6 heteroatoms. The van der Waals surface area contributed by atoms with Crippen molar-refractivity contribution in [3.05, 3.63) is 34.7 Å². The lowest BCUT2D eigenvalue weighted by Crippen LogP contribution is -2.45. The van der Waals surface area contributed by atoms with Crippen LogP contribution in [0.15, 0.2) is 29.1 Å². The topological polar surface area (TPSA) is 70.1 Å². The van der Waals surface area contributed by atoms with Gasteiger partial charge in [0, 0.05) is 13.1 Å². The number of nitrogens with zero attached hydrogens (tertiary/aromatic N) is 2. The van der Waals surface area contributed by atoms with Crippen LogP contribution in [0.5, 0.6) is 0 Å². The van der Waals surface area contributed by atoms with Gasteiger partial charge in [-0.25, -0.2) is 4.79 Å². The molecular formula is C15H20N4O2. The van der Waals surface area contributed by atoms with Gasteiger partial charge in [-0.3, -0.25) is 9.36 Å². The number of carbonyl (C=O) groups excluding carboxylic acids is 1. The summed E-state index contributed by atoms with van der Waals surface area (Å²) in [6.07, 6.45) is 1.93. The molecule has 3 rings (SSSR count). The van der Waals surface area contributed by atoms with E-state index in [1.807, 2.05) is 31.3 Å². The summed E-state index contributed by atoms with van der Waals surface area (Å²) in [6.45, 7) is 1.97. The fraction of sp³-hybridized carbons (Fsp3) is 0.467. The lowest BCUT2D eigenvalue weighted by Gasteiger charge is -2.31. The van der Waals surface area contributed by atoms with Crippen LogP contribution in [0.2, 0.25) is 0 Å². The van der Waals surface area contributed by atoms with E-state index in [4.69, 9.17) is 0 Å². The van der Waals surface area contributed by atoms with Crippen molar-refractivity contribution in [2.24, 2.45) is 0 Å². The first kappa shape index (κ1) is 13.9. The SMILES string of the molecule is CN(C(=O)Cn1c(=O)[nH]c2ccccc21)C1CCNCC1. The Morgan fingerprint density at radius 2 is 2.05 bits per heavy atom. The predicted octanol–water partition coefficient (Wildman–Crippen LogP) is 0.540. The quantitative estimate of drug-likeness (QED) is 0.866. The van der Waals surface area contributed by atoms with E-state index in [9.17, 15) is 9.59 Å². The van der Waals surface area contributed by atoms with Crippen LogP contribution in [-0.2, 0) is 11.3 Å². The third-order valence-corrected chi connectivity index (χ3v) is 4.22. The van der Waals surface area contributed by atoms with Crippen LogP contribution in [0.1, 0.15) is 12.8 Å². The number of fused-ring (bicyclic) bond motifs is 1. The third kappa shape index (κ3) is 2.71. The van der Waals surface area contributed by atoms with E-state index in [2.05, 4.69) is 10.3 Å². The maximum atomic E-state index is 12.4. The minimum absolute atomic E-state index is 0.0197. The van der Waals surface area contributed by atoms with E-state index in [-0.39, 0.29) is 24.2 Å². The number of para-hydroxylation sites is 2. The fourth-order valence-corrected chi connectivity index (χ4v) is 2.91. The number of rotatable bonds is 3.